The maximum Gasteiger partial charge on any atom is 0.0593 e. The lowest BCUT2D eigenvalue weighted by atomic mass is 9.80. The number of hydrogen-bond acceptors (Lipinski definition) is 6. The molecule has 0 radical (unpaired) electrons. The van der Waals surface area contributed by atoms with Crippen LogP contribution in [-0.2, 0) is 0 Å². The normalized spacial score (nSPS) is 23.1. The van der Waals surface area contributed by atoms with Crippen LogP contribution in [0.4, 0.5) is 0 Å². The van der Waals surface area contributed by atoms with Crippen LogP contribution in [0.5, 0.6) is 0 Å². The fourth-order valence-electron chi connectivity index (χ4n) is 10.0. The van der Waals surface area contributed by atoms with Crippen molar-refractivity contribution in [3.05, 3.63) is 0 Å². The van der Waals surface area contributed by atoms with Gasteiger partial charge in [0.15, 0.2) is 0 Å². The van der Waals surface area contributed by atoms with Crippen LogP contribution in [0.2, 0.25) is 0 Å². The number of aliphatic hydroxyl groups excluding tert-OH is 6. The third-order valence-electron chi connectivity index (χ3n) is 20.2. The summed E-state index contributed by atoms with van der Waals surface area (Å²) >= 11 is 0. The summed E-state index contributed by atoms with van der Waals surface area (Å²) in [5, 5.41) is 53.3. The van der Waals surface area contributed by atoms with Crippen LogP contribution in [0.1, 0.15) is 274 Å². The highest BCUT2D eigenvalue weighted by Gasteiger charge is 2.32. The zero-order valence-electron chi connectivity index (χ0n) is 59.9. The molecule has 0 spiro atoms. The van der Waals surface area contributed by atoms with E-state index in [4.69, 9.17) is 20.4 Å². The van der Waals surface area contributed by atoms with E-state index in [1.165, 1.54) is 12.8 Å². The second-order valence-electron chi connectivity index (χ2n) is 30.6. The van der Waals surface area contributed by atoms with Crippen molar-refractivity contribution < 1.29 is 30.6 Å². The van der Waals surface area contributed by atoms with Crippen LogP contribution in [0.3, 0.4) is 0 Å². The summed E-state index contributed by atoms with van der Waals surface area (Å²) < 4.78 is 0. The predicted molar refractivity (Wildman–Crippen MR) is 352 cm³/mol. The lowest BCUT2D eigenvalue weighted by Crippen LogP contribution is -2.18. The second-order valence-corrected chi connectivity index (χ2v) is 30.6. The van der Waals surface area contributed by atoms with Crippen molar-refractivity contribution >= 4 is 0 Å². The molecule has 16 atom stereocenters. The lowest BCUT2D eigenvalue weighted by molar-refractivity contribution is 0.0898. The van der Waals surface area contributed by atoms with Gasteiger partial charge in [0.05, 0.1) is 12.2 Å². The molecule has 2 saturated carbocycles. The van der Waals surface area contributed by atoms with Gasteiger partial charge in [0.1, 0.15) is 0 Å². The summed E-state index contributed by atoms with van der Waals surface area (Å²) in [6, 6.07) is 0. The van der Waals surface area contributed by atoms with Crippen LogP contribution in [-0.4, -0.2) is 69.3 Å². The predicted octanol–water partition coefficient (Wildman–Crippen LogP) is 19.6. The minimum absolute atomic E-state index is 0.00264. The monoisotopic (exact) mass is 1120 g/mol. The van der Waals surface area contributed by atoms with E-state index in [1.54, 1.807) is 0 Å². The molecule has 2 aliphatic carbocycles. The van der Waals surface area contributed by atoms with Crippen molar-refractivity contribution in [3.8, 4) is 0 Å². The molecule has 0 aromatic carbocycles. The Bertz CT molecular complexity index is 1050. The van der Waals surface area contributed by atoms with E-state index >= 15 is 0 Å². The van der Waals surface area contributed by atoms with Gasteiger partial charge in [-0.1, -0.05) is 235 Å². The quantitative estimate of drug-likeness (QED) is 0.0642. The van der Waals surface area contributed by atoms with E-state index in [0.29, 0.717) is 12.8 Å². The van der Waals surface area contributed by atoms with E-state index in [0.717, 1.165) is 143 Å². The SMILES string of the molecule is CC(C)C[C@H](C)C(C)C.CC(C)C[C@H](C)C(C)C.CC(C)[C@@H](C)[C@@H](C)C(C)C.CC(C)[C@@H](C)[C@@H](C)C(C)C.CC(C)[C@@H](C)[C@H](C)C(C)C.CC(C)[C@@H](C)[C@H](C)C(C)C.OC[C@H]1C[C@H](CO)[C@@H](O)C1.OC[C@H]1C[C@H](CO)[C@@H](O)C1. The number of aliphatic hydroxyl groups is 6. The molecule has 6 heteroatoms. The van der Waals surface area contributed by atoms with Gasteiger partial charge in [-0.3, -0.25) is 0 Å². The summed E-state index contributed by atoms with van der Waals surface area (Å²) in [6.07, 6.45) is 4.74. The first-order valence-electron chi connectivity index (χ1n) is 33.3. The minimum atomic E-state index is -0.401. The smallest absolute Gasteiger partial charge is 0.0593 e. The number of rotatable bonds is 22. The third-order valence-corrected chi connectivity index (χ3v) is 20.2. The highest BCUT2D eigenvalue weighted by molar-refractivity contribution is 4.83. The van der Waals surface area contributed by atoms with Gasteiger partial charge in [0, 0.05) is 38.3 Å². The highest BCUT2D eigenvalue weighted by Crippen LogP contribution is 2.32. The molecule has 0 heterocycles. The summed E-state index contributed by atoms with van der Waals surface area (Å²) in [5.74, 6) is 19.2. The molecule has 0 aliphatic heterocycles. The fraction of sp³-hybridized carbons (Fsp3) is 1.00. The zero-order chi connectivity index (χ0) is 63.2. The number of hydrogen-bond donors (Lipinski definition) is 6. The first-order valence-corrected chi connectivity index (χ1v) is 33.3. The molecule has 0 unspecified atom stereocenters. The Morgan fingerprint density at radius 1 is 0.244 bits per heavy atom. The second kappa shape index (κ2) is 50.1. The van der Waals surface area contributed by atoms with Crippen LogP contribution < -0.4 is 0 Å². The van der Waals surface area contributed by atoms with Crippen molar-refractivity contribution in [2.24, 2.45) is 154 Å². The van der Waals surface area contributed by atoms with Gasteiger partial charge >= 0.3 is 0 Å². The average Bonchev–Trinajstić information content (AvgIpc) is 3.92. The van der Waals surface area contributed by atoms with Crippen molar-refractivity contribution in [2.45, 2.75) is 286 Å². The van der Waals surface area contributed by atoms with Gasteiger partial charge in [0.25, 0.3) is 0 Å². The van der Waals surface area contributed by atoms with Crippen molar-refractivity contribution in [2.75, 3.05) is 26.4 Å². The standard InChI is InChI=1S/4C10H22.2C9H20.2C7H14O3/c4*1-7(2)9(5)10(6)8(3)4;2*1-7(2)6-9(5)8(3)4;2*8-3-5-1-6(4-9)7(10)2-5/h4*7-10H,1-6H3;2*7-9H,6H2,1-5H3;2*5-10H,1-4H2/t2*9-,10+;2*9-,10-;2*9-;2*5-,6+,7-/m..110000/s1. The Hall–Kier alpha value is -0.240. The fourth-order valence-corrected chi connectivity index (χ4v) is 10.0. The highest BCUT2D eigenvalue weighted by atomic mass is 16.3. The Morgan fingerprint density at radius 2 is 0.410 bits per heavy atom. The van der Waals surface area contributed by atoms with Crippen LogP contribution in [0.15, 0.2) is 0 Å². The van der Waals surface area contributed by atoms with Crippen LogP contribution in [0.25, 0.3) is 0 Å². The molecule has 0 aromatic rings. The van der Waals surface area contributed by atoms with E-state index in [9.17, 15) is 10.2 Å². The molecule has 6 N–H and O–H groups in total. The molecule has 2 rings (SSSR count). The van der Waals surface area contributed by atoms with Gasteiger partial charge in [-0.2, -0.15) is 0 Å². The summed E-state index contributed by atoms with van der Waals surface area (Å²) in [6.45, 7) is 79.2. The van der Waals surface area contributed by atoms with E-state index in [2.05, 4.69) is 235 Å². The first kappa shape index (κ1) is 89.0. The maximum atomic E-state index is 9.22. The summed E-state index contributed by atoms with van der Waals surface area (Å²) in [4.78, 5) is 0. The molecule has 78 heavy (non-hydrogen) atoms. The van der Waals surface area contributed by atoms with Gasteiger partial charge in [-0.15, -0.1) is 0 Å². The van der Waals surface area contributed by atoms with E-state index in [-0.39, 0.29) is 50.1 Å². The lowest BCUT2D eigenvalue weighted by Gasteiger charge is -2.26. The zero-order valence-corrected chi connectivity index (χ0v) is 59.9. The van der Waals surface area contributed by atoms with Crippen molar-refractivity contribution in [1.82, 2.24) is 0 Å². The van der Waals surface area contributed by atoms with Crippen molar-refractivity contribution in [3.63, 3.8) is 0 Å². The largest absolute Gasteiger partial charge is 0.396 e. The topological polar surface area (TPSA) is 121 Å². The molecule has 480 valence electrons. The van der Waals surface area contributed by atoms with Gasteiger partial charge in [-0.05, 0) is 181 Å². The van der Waals surface area contributed by atoms with Crippen LogP contribution >= 0.6 is 0 Å². The van der Waals surface area contributed by atoms with Gasteiger partial charge in [0.2, 0.25) is 0 Å². The molecule has 0 bridgehead atoms. The third kappa shape index (κ3) is 46.2. The van der Waals surface area contributed by atoms with E-state index in [1.807, 2.05) is 0 Å². The average molecular weight is 1120 g/mol. The summed E-state index contributed by atoms with van der Waals surface area (Å²) in [7, 11) is 0. The van der Waals surface area contributed by atoms with Crippen LogP contribution in [0, 0.1) is 154 Å². The Kier molecular flexibility index (Phi) is 57.2. The van der Waals surface area contributed by atoms with Gasteiger partial charge in [-0.25, -0.2) is 0 Å². The molecular weight excluding hydrogens is 961 g/mol. The molecule has 0 saturated heterocycles. The molecule has 0 amide bonds. The summed E-state index contributed by atoms with van der Waals surface area (Å²) in [5.41, 5.74) is 0. The maximum absolute atomic E-state index is 9.22. The molecule has 2 fully saturated rings. The van der Waals surface area contributed by atoms with Crippen molar-refractivity contribution in [1.29, 1.82) is 0 Å². The first-order chi connectivity index (χ1) is 35.5. The van der Waals surface area contributed by atoms with Gasteiger partial charge < -0.3 is 30.6 Å². The molecular formula is C72H156O6. The molecule has 0 aromatic heterocycles. The molecule has 6 nitrogen and oxygen atoms in total. The minimum Gasteiger partial charge on any atom is -0.396 e. The Labute approximate surface area is 494 Å². The Balaban J connectivity index is -0.000000190. The molecule has 2 aliphatic rings. The Morgan fingerprint density at radius 3 is 0.474 bits per heavy atom. The van der Waals surface area contributed by atoms with E-state index < -0.39 is 12.2 Å².